The summed E-state index contributed by atoms with van der Waals surface area (Å²) in [6.07, 6.45) is 10.0. The van der Waals surface area contributed by atoms with E-state index in [-0.39, 0.29) is 10.9 Å². The summed E-state index contributed by atoms with van der Waals surface area (Å²) in [7, 11) is -4.06. The second-order valence-electron chi connectivity index (χ2n) is 10.6. The quantitative estimate of drug-likeness (QED) is 0.372. The molecule has 1 aromatic heterocycles. The Kier molecular flexibility index (Phi) is 9.15. The van der Waals surface area contributed by atoms with Crippen LogP contribution in [0.5, 0.6) is 0 Å². The van der Waals surface area contributed by atoms with Gasteiger partial charge in [0, 0.05) is 17.6 Å². The van der Waals surface area contributed by atoms with Gasteiger partial charge in [0.2, 0.25) is 21.7 Å². The number of Topliss-reactive ketones (excluding diaryl/α,β-unsaturated/α-hetero) is 1. The lowest BCUT2D eigenvalue weighted by atomic mass is 9.81. The summed E-state index contributed by atoms with van der Waals surface area (Å²) in [6, 6.07) is 7.16. The minimum atomic E-state index is -4.06. The maximum Gasteiger partial charge on any atom is 0.289 e. The number of nitrogens with zero attached hydrogens (tertiary/aromatic N) is 1. The normalized spacial score (nSPS) is 18.7. The fourth-order valence-corrected chi connectivity index (χ4v) is 6.98. The topological polar surface area (TPSA) is 134 Å². The standard InChI is InChI=1S/C28H38N4O5S/c1-2-3-13-24(25(33)26(34)30-21-11-5-6-12-21)31-27(35)28(16-7-4-8-17-28)32-38(36,37)22-14-15-23-20(19-22)10-9-18-29-23/h9-10,14-15,18-19,21,24,32H,2-8,11-13,16-17H2,1H3,(H,30,34)(H,31,35)/t24-/m0/s1. The van der Waals surface area contributed by atoms with E-state index in [0.29, 0.717) is 49.4 Å². The highest BCUT2D eigenvalue weighted by Gasteiger charge is 2.44. The van der Waals surface area contributed by atoms with Crippen LogP contribution in [-0.2, 0) is 24.4 Å². The predicted octanol–water partition coefficient (Wildman–Crippen LogP) is 3.52. The molecule has 3 N–H and O–H groups in total. The molecular weight excluding hydrogens is 504 g/mol. The van der Waals surface area contributed by atoms with Gasteiger partial charge in [-0.15, -0.1) is 0 Å². The molecule has 0 unspecified atom stereocenters. The zero-order chi connectivity index (χ0) is 27.2. The molecule has 2 aliphatic carbocycles. The van der Waals surface area contributed by atoms with Gasteiger partial charge < -0.3 is 10.6 Å². The van der Waals surface area contributed by atoms with Gasteiger partial charge in [0.25, 0.3) is 5.91 Å². The SMILES string of the molecule is CCCC[C@H](NC(=O)C1(NS(=O)(=O)c2ccc3ncccc3c2)CCCCC1)C(=O)C(=O)NC1CCCC1. The molecule has 10 heteroatoms. The van der Waals surface area contributed by atoms with Crippen molar-refractivity contribution in [3.63, 3.8) is 0 Å². The van der Waals surface area contributed by atoms with Gasteiger partial charge in [-0.1, -0.05) is 57.9 Å². The van der Waals surface area contributed by atoms with Gasteiger partial charge >= 0.3 is 0 Å². The first-order valence-electron chi connectivity index (χ1n) is 13.8. The number of aromatic nitrogens is 1. The van der Waals surface area contributed by atoms with Crippen LogP contribution in [0.1, 0.15) is 84.0 Å². The highest BCUT2D eigenvalue weighted by molar-refractivity contribution is 7.89. The monoisotopic (exact) mass is 542 g/mol. The second kappa shape index (κ2) is 12.3. The number of sulfonamides is 1. The first kappa shape index (κ1) is 28.2. The van der Waals surface area contributed by atoms with Crippen LogP contribution in [0.15, 0.2) is 41.4 Å². The lowest BCUT2D eigenvalue weighted by molar-refractivity contribution is -0.141. The van der Waals surface area contributed by atoms with Crippen molar-refractivity contribution >= 4 is 38.5 Å². The molecule has 2 aliphatic rings. The molecule has 1 aromatic carbocycles. The minimum Gasteiger partial charge on any atom is -0.347 e. The fraction of sp³-hybridized carbons (Fsp3) is 0.571. The van der Waals surface area contributed by atoms with Crippen molar-refractivity contribution in [1.29, 1.82) is 0 Å². The molecule has 2 amide bonds. The Labute approximate surface area is 224 Å². The summed E-state index contributed by atoms with van der Waals surface area (Å²) in [5.74, 6) is -1.90. The Morgan fingerprint density at radius 3 is 2.50 bits per heavy atom. The summed E-state index contributed by atoms with van der Waals surface area (Å²) < 4.78 is 29.7. The molecular formula is C28H38N4O5S. The third kappa shape index (κ3) is 6.58. The van der Waals surface area contributed by atoms with Crippen molar-refractivity contribution in [3.8, 4) is 0 Å². The number of ketones is 1. The Morgan fingerprint density at radius 2 is 1.79 bits per heavy atom. The van der Waals surface area contributed by atoms with Crippen LogP contribution in [0.25, 0.3) is 10.9 Å². The Bertz CT molecular complexity index is 1270. The fourth-order valence-electron chi connectivity index (χ4n) is 5.53. The minimum absolute atomic E-state index is 0.0115. The number of benzene rings is 1. The van der Waals surface area contributed by atoms with E-state index in [2.05, 4.69) is 20.3 Å². The maximum absolute atomic E-state index is 13.8. The van der Waals surface area contributed by atoms with E-state index < -0.39 is 39.2 Å². The number of carbonyl (C=O) groups excluding carboxylic acids is 3. The summed E-state index contributed by atoms with van der Waals surface area (Å²) in [5.41, 5.74) is -0.724. The predicted molar refractivity (Wildman–Crippen MR) is 145 cm³/mol. The summed E-state index contributed by atoms with van der Waals surface area (Å²) in [6.45, 7) is 1.97. The third-order valence-electron chi connectivity index (χ3n) is 7.74. The number of carbonyl (C=O) groups is 3. The van der Waals surface area contributed by atoms with E-state index in [9.17, 15) is 22.8 Å². The van der Waals surface area contributed by atoms with E-state index in [4.69, 9.17) is 0 Å². The van der Waals surface area contributed by atoms with E-state index in [1.54, 1.807) is 30.5 Å². The number of rotatable bonds is 11. The average molecular weight is 543 g/mol. The lowest BCUT2D eigenvalue weighted by Gasteiger charge is -2.37. The molecule has 0 saturated heterocycles. The van der Waals surface area contributed by atoms with Crippen molar-refractivity contribution in [2.75, 3.05) is 0 Å². The van der Waals surface area contributed by atoms with Gasteiger partial charge in [-0.3, -0.25) is 19.4 Å². The molecule has 1 atom stereocenters. The van der Waals surface area contributed by atoms with E-state index in [1.807, 2.05) is 6.92 Å². The molecule has 1 heterocycles. The highest BCUT2D eigenvalue weighted by Crippen LogP contribution is 2.31. The van der Waals surface area contributed by atoms with Crippen molar-refractivity contribution in [3.05, 3.63) is 36.5 Å². The number of hydrogen-bond acceptors (Lipinski definition) is 6. The molecule has 0 bridgehead atoms. The first-order valence-corrected chi connectivity index (χ1v) is 15.3. The largest absolute Gasteiger partial charge is 0.347 e. The smallest absolute Gasteiger partial charge is 0.289 e. The van der Waals surface area contributed by atoms with Crippen LogP contribution in [0.4, 0.5) is 0 Å². The molecule has 0 spiro atoms. The van der Waals surface area contributed by atoms with E-state index in [1.165, 1.54) is 6.07 Å². The molecule has 9 nitrogen and oxygen atoms in total. The van der Waals surface area contributed by atoms with Crippen LogP contribution >= 0.6 is 0 Å². The Balaban J connectivity index is 1.55. The molecule has 38 heavy (non-hydrogen) atoms. The third-order valence-corrected chi connectivity index (χ3v) is 9.27. The zero-order valence-electron chi connectivity index (χ0n) is 22.0. The average Bonchev–Trinajstić information content (AvgIpc) is 3.43. The summed E-state index contributed by atoms with van der Waals surface area (Å²) in [5, 5.41) is 6.28. The van der Waals surface area contributed by atoms with Crippen molar-refractivity contribution in [2.45, 2.75) is 106 Å². The van der Waals surface area contributed by atoms with Gasteiger partial charge in [0.15, 0.2) is 0 Å². The van der Waals surface area contributed by atoms with Crippen LogP contribution in [0.2, 0.25) is 0 Å². The van der Waals surface area contributed by atoms with Crippen molar-refractivity contribution in [1.82, 2.24) is 20.3 Å². The number of pyridine rings is 1. The molecule has 206 valence electrons. The molecule has 2 fully saturated rings. The second-order valence-corrected chi connectivity index (χ2v) is 12.3. The molecule has 0 radical (unpaired) electrons. The van der Waals surface area contributed by atoms with Crippen LogP contribution in [0.3, 0.4) is 0 Å². The van der Waals surface area contributed by atoms with Crippen molar-refractivity contribution in [2.24, 2.45) is 0 Å². The first-order chi connectivity index (χ1) is 18.2. The van der Waals surface area contributed by atoms with E-state index >= 15 is 0 Å². The molecule has 0 aliphatic heterocycles. The van der Waals surface area contributed by atoms with Crippen LogP contribution in [-0.4, -0.2) is 48.6 Å². The zero-order valence-corrected chi connectivity index (χ0v) is 22.8. The number of hydrogen-bond donors (Lipinski definition) is 3. The van der Waals surface area contributed by atoms with Gasteiger partial charge in [-0.2, -0.15) is 4.72 Å². The Hall–Kier alpha value is -2.85. The van der Waals surface area contributed by atoms with Crippen LogP contribution in [0, 0.1) is 0 Å². The highest BCUT2D eigenvalue weighted by atomic mass is 32.2. The molecule has 2 saturated carbocycles. The number of nitrogens with one attached hydrogen (secondary N) is 3. The van der Waals surface area contributed by atoms with Gasteiger partial charge in [-0.25, -0.2) is 8.42 Å². The number of fused-ring (bicyclic) bond motifs is 1. The molecule has 2 aromatic rings. The van der Waals surface area contributed by atoms with Crippen molar-refractivity contribution < 1.29 is 22.8 Å². The van der Waals surface area contributed by atoms with Gasteiger partial charge in [0.1, 0.15) is 5.54 Å². The number of amides is 2. The summed E-state index contributed by atoms with van der Waals surface area (Å²) >= 11 is 0. The Morgan fingerprint density at radius 1 is 1.05 bits per heavy atom. The van der Waals surface area contributed by atoms with Gasteiger partial charge in [-0.05, 0) is 56.4 Å². The lowest BCUT2D eigenvalue weighted by Crippen LogP contribution is -2.62. The maximum atomic E-state index is 13.8. The van der Waals surface area contributed by atoms with E-state index in [0.717, 1.165) is 38.5 Å². The number of unbranched alkanes of at least 4 members (excludes halogenated alkanes) is 1. The van der Waals surface area contributed by atoms with Crippen LogP contribution < -0.4 is 15.4 Å². The molecule has 4 rings (SSSR count). The van der Waals surface area contributed by atoms with Gasteiger partial charge in [0.05, 0.1) is 16.5 Å². The summed E-state index contributed by atoms with van der Waals surface area (Å²) in [4.78, 5) is 43.9.